The zero-order chi connectivity index (χ0) is 22.1. The molecule has 0 bridgehead atoms. The number of methoxy groups -OCH3 is 1. The number of Topliss-reactive ketones (excluding diaryl/α,β-unsaturated/α-hetero) is 1. The summed E-state index contributed by atoms with van der Waals surface area (Å²) in [6.45, 7) is 2.49. The maximum atomic E-state index is 13.1. The number of hydrogen-bond acceptors (Lipinski definition) is 4. The van der Waals surface area contributed by atoms with Gasteiger partial charge in [-0.1, -0.05) is 43.7 Å². The molecule has 3 aromatic rings. The monoisotopic (exact) mass is 418 g/mol. The summed E-state index contributed by atoms with van der Waals surface area (Å²) in [7, 11) is 3.48. The molecule has 2 heterocycles. The molecule has 6 heteroatoms. The van der Waals surface area contributed by atoms with Crippen LogP contribution in [0.25, 0.3) is 16.7 Å². The Morgan fingerprint density at radius 3 is 2.65 bits per heavy atom. The van der Waals surface area contributed by atoms with Gasteiger partial charge >= 0.3 is 0 Å². The van der Waals surface area contributed by atoms with E-state index in [4.69, 9.17) is 4.74 Å². The number of aliphatic hydroxyl groups excluding tert-OH is 1. The second kappa shape index (κ2) is 8.30. The number of benzene rings is 2. The molecule has 1 atom stereocenters. The van der Waals surface area contributed by atoms with Crippen LogP contribution in [0.2, 0.25) is 0 Å². The second-order valence-corrected chi connectivity index (χ2v) is 7.79. The first-order valence-corrected chi connectivity index (χ1v) is 10.4. The van der Waals surface area contributed by atoms with Crippen LogP contribution < -0.4 is 4.74 Å². The van der Waals surface area contributed by atoms with Gasteiger partial charge in [0.15, 0.2) is 0 Å². The van der Waals surface area contributed by atoms with Crippen LogP contribution in [-0.4, -0.2) is 39.9 Å². The van der Waals surface area contributed by atoms with Gasteiger partial charge in [0.25, 0.3) is 11.7 Å². The highest BCUT2D eigenvalue weighted by Crippen LogP contribution is 2.42. The molecule has 2 aromatic carbocycles. The third-order valence-electron chi connectivity index (χ3n) is 5.86. The predicted octanol–water partition coefficient (Wildman–Crippen LogP) is 4.41. The molecule has 1 aliphatic rings. The lowest BCUT2D eigenvalue weighted by atomic mass is 9.95. The Morgan fingerprint density at radius 2 is 1.90 bits per heavy atom. The van der Waals surface area contributed by atoms with Crippen molar-refractivity contribution < 1.29 is 19.4 Å². The van der Waals surface area contributed by atoms with Crippen LogP contribution >= 0.6 is 0 Å². The molecule has 0 saturated carbocycles. The van der Waals surface area contributed by atoms with E-state index in [9.17, 15) is 14.7 Å². The first kappa shape index (κ1) is 20.7. The largest absolute Gasteiger partial charge is 0.507 e. The van der Waals surface area contributed by atoms with Crippen molar-refractivity contribution in [2.75, 3.05) is 13.7 Å². The van der Waals surface area contributed by atoms with E-state index in [0.29, 0.717) is 17.9 Å². The van der Waals surface area contributed by atoms with E-state index in [1.165, 1.54) is 0 Å². The fraction of sp³-hybridized carbons (Fsp3) is 0.280. The van der Waals surface area contributed by atoms with Crippen molar-refractivity contribution in [3.63, 3.8) is 0 Å². The average Bonchev–Trinajstić information content (AvgIpc) is 3.25. The smallest absolute Gasteiger partial charge is 0.295 e. The molecule has 1 fully saturated rings. The van der Waals surface area contributed by atoms with Crippen molar-refractivity contribution in [2.45, 2.75) is 25.8 Å². The third kappa shape index (κ3) is 3.48. The lowest BCUT2D eigenvalue weighted by Gasteiger charge is -2.24. The Labute approximate surface area is 181 Å². The van der Waals surface area contributed by atoms with E-state index in [-0.39, 0.29) is 11.3 Å². The summed E-state index contributed by atoms with van der Waals surface area (Å²) in [5, 5.41) is 12.2. The minimum atomic E-state index is -0.658. The number of para-hydroxylation sites is 1. The first-order chi connectivity index (χ1) is 15.0. The number of amides is 1. The summed E-state index contributed by atoms with van der Waals surface area (Å²) in [4.78, 5) is 27.7. The molecule has 1 aromatic heterocycles. The van der Waals surface area contributed by atoms with Crippen molar-refractivity contribution in [3.05, 3.63) is 71.4 Å². The molecule has 160 valence electrons. The number of unbranched alkanes of at least 4 members (excludes halogenated alkanes) is 1. The summed E-state index contributed by atoms with van der Waals surface area (Å²) < 4.78 is 7.25. The van der Waals surface area contributed by atoms with Crippen LogP contribution in [0.3, 0.4) is 0 Å². The number of ether oxygens (including phenoxy) is 1. The predicted molar refractivity (Wildman–Crippen MR) is 120 cm³/mol. The number of rotatable bonds is 6. The summed E-state index contributed by atoms with van der Waals surface area (Å²) in [6.07, 6.45) is 3.60. The quantitative estimate of drug-likeness (QED) is 0.366. The summed E-state index contributed by atoms with van der Waals surface area (Å²) >= 11 is 0. The number of carbonyl (C=O) groups excluding carboxylic acids is 2. The fourth-order valence-corrected chi connectivity index (χ4v) is 4.28. The number of fused-ring (bicyclic) bond motifs is 1. The van der Waals surface area contributed by atoms with Gasteiger partial charge in [0.05, 0.1) is 18.7 Å². The van der Waals surface area contributed by atoms with Crippen molar-refractivity contribution >= 4 is 28.4 Å². The van der Waals surface area contributed by atoms with Crippen LogP contribution in [0.5, 0.6) is 5.75 Å². The van der Waals surface area contributed by atoms with E-state index >= 15 is 0 Å². The van der Waals surface area contributed by atoms with Crippen molar-refractivity contribution in [2.24, 2.45) is 7.05 Å². The van der Waals surface area contributed by atoms with Gasteiger partial charge in [0.2, 0.25) is 0 Å². The summed E-state index contributed by atoms with van der Waals surface area (Å²) in [5.41, 5.74) is 2.39. The summed E-state index contributed by atoms with van der Waals surface area (Å²) in [6, 6.07) is 14.1. The van der Waals surface area contributed by atoms with Crippen LogP contribution in [0, 0.1) is 0 Å². The molecule has 4 rings (SSSR count). The van der Waals surface area contributed by atoms with Gasteiger partial charge in [-0.15, -0.1) is 0 Å². The topological polar surface area (TPSA) is 71.8 Å². The molecule has 1 unspecified atom stereocenters. The minimum absolute atomic E-state index is 0.116. The van der Waals surface area contributed by atoms with E-state index in [2.05, 4.69) is 0 Å². The lowest BCUT2D eigenvalue weighted by molar-refractivity contribution is -0.139. The highest BCUT2D eigenvalue weighted by molar-refractivity contribution is 6.46. The Hall–Kier alpha value is -3.54. The molecular formula is C25H26N2O4. The zero-order valence-electron chi connectivity index (χ0n) is 18.0. The Morgan fingerprint density at radius 1 is 1.13 bits per heavy atom. The lowest BCUT2D eigenvalue weighted by Crippen LogP contribution is -2.30. The number of carbonyl (C=O) groups is 2. The number of hydrogen-bond donors (Lipinski definition) is 1. The summed E-state index contributed by atoms with van der Waals surface area (Å²) in [5.74, 6) is -0.856. The molecule has 1 saturated heterocycles. The second-order valence-electron chi connectivity index (χ2n) is 7.79. The maximum Gasteiger partial charge on any atom is 0.295 e. The Bertz CT molecular complexity index is 1190. The third-order valence-corrected chi connectivity index (χ3v) is 5.86. The van der Waals surface area contributed by atoms with Crippen molar-refractivity contribution in [1.29, 1.82) is 0 Å². The van der Waals surface area contributed by atoms with E-state index in [1.807, 2.05) is 49.0 Å². The van der Waals surface area contributed by atoms with Crippen molar-refractivity contribution in [1.82, 2.24) is 9.47 Å². The molecule has 0 spiro atoms. The first-order valence-electron chi connectivity index (χ1n) is 10.4. The highest BCUT2D eigenvalue weighted by atomic mass is 16.5. The van der Waals surface area contributed by atoms with Gasteiger partial charge < -0.3 is 19.3 Å². The van der Waals surface area contributed by atoms with Crippen LogP contribution in [0.1, 0.15) is 36.9 Å². The van der Waals surface area contributed by atoms with Crippen LogP contribution in [0.15, 0.2) is 60.3 Å². The molecule has 0 radical (unpaired) electrons. The van der Waals surface area contributed by atoms with Crippen molar-refractivity contribution in [3.8, 4) is 5.75 Å². The van der Waals surface area contributed by atoms with Crippen LogP contribution in [-0.2, 0) is 16.6 Å². The van der Waals surface area contributed by atoms with Gasteiger partial charge in [-0.05, 0) is 24.6 Å². The molecule has 0 aliphatic carbocycles. The fourth-order valence-electron chi connectivity index (χ4n) is 4.28. The highest BCUT2D eigenvalue weighted by Gasteiger charge is 2.46. The normalized spacial score (nSPS) is 18.2. The van der Waals surface area contributed by atoms with Gasteiger partial charge in [-0.3, -0.25) is 9.59 Å². The number of aromatic nitrogens is 1. The average molecular weight is 418 g/mol. The number of aryl methyl sites for hydroxylation is 1. The number of nitrogens with zero attached hydrogens (tertiary/aromatic N) is 2. The minimum Gasteiger partial charge on any atom is -0.507 e. The van der Waals surface area contributed by atoms with Gasteiger partial charge in [0.1, 0.15) is 11.5 Å². The Balaban J connectivity index is 1.95. The van der Waals surface area contributed by atoms with E-state index < -0.39 is 17.7 Å². The molecular weight excluding hydrogens is 392 g/mol. The Kier molecular flexibility index (Phi) is 5.55. The molecule has 1 amide bonds. The van der Waals surface area contributed by atoms with Gasteiger partial charge in [-0.25, -0.2) is 0 Å². The standard InChI is InChI=1S/C25H26N2O4/c1-4-5-13-27-22(19-15-26(2)20-12-7-6-11-18(19)20)21(24(29)25(27)30)23(28)16-9-8-10-17(14-16)31-3/h6-12,14-15,22,28H,4-5,13H2,1-3H3/b23-21+. The number of ketones is 1. The molecule has 6 nitrogen and oxygen atoms in total. The van der Waals surface area contributed by atoms with E-state index in [1.54, 1.807) is 36.3 Å². The van der Waals surface area contributed by atoms with E-state index in [0.717, 1.165) is 29.3 Å². The van der Waals surface area contributed by atoms with Gasteiger partial charge in [0, 0.05) is 41.8 Å². The number of likely N-dealkylation sites (tertiary alicyclic amines) is 1. The van der Waals surface area contributed by atoms with Gasteiger partial charge in [-0.2, -0.15) is 0 Å². The molecule has 1 N–H and O–H groups in total. The molecule has 31 heavy (non-hydrogen) atoms. The molecule has 1 aliphatic heterocycles. The zero-order valence-corrected chi connectivity index (χ0v) is 18.0. The number of aliphatic hydroxyl groups is 1. The van der Waals surface area contributed by atoms with Crippen LogP contribution in [0.4, 0.5) is 0 Å². The SMILES string of the molecule is CCCCN1C(=O)C(=O)/C(=C(/O)c2cccc(OC)c2)C1c1cn(C)c2ccccc12. The maximum absolute atomic E-state index is 13.1.